The SMILES string of the molecule is Oc1cccc(-c2nc(-c3ccccn3)cc(N3CCOCC3)n2)c1. The predicted molar refractivity (Wildman–Crippen MR) is 95.4 cm³/mol. The molecule has 6 nitrogen and oxygen atoms in total. The summed E-state index contributed by atoms with van der Waals surface area (Å²) in [5, 5.41) is 9.78. The van der Waals surface area contributed by atoms with Gasteiger partial charge in [0.1, 0.15) is 11.6 Å². The van der Waals surface area contributed by atoms with Gasteiger partial charge in [0, 0.05) is 30.9 Å². The van der Waals surface area contributed by atoms with E-state index in [4.69, 9.17) is 9.72 Å². The van der Waals surface area contributed by atoms with Gasteiger partial charge in [0.05, 0.1) is 24.6 Å². The van der Waals surface area contributed by atoms with Crippen LogP contribution in [-0.2, 0) is 4.74 Å². The Labute approximate surface area is 145 Å². The van der Waals surface area contributed by atoms with Gasteiger partial charge < -0.3 is 14.7 Å². The van der Waals surface area contributed by atoms with Gasteiger partial charge in [-0.2, -0.15) is 0 Å². The van der Waals surface area contributed by atoms with Crippen molar-refractivity contribution in [3.63, 3.8) is 0 Å². The number of pyridine rings is 1. The van der Waals surface area contributed by atoms with Crippen LogP contribution in [0.1, 0.15) is 0 Å². The summed E-state index contributed by atoms with van der Waals surface area (Å²) in [5.74, 6) is 1.61. The maximum Gasteiger partial charge on any atom is 0.162 e. The number of hydrogen-bond donors (Lipinski definition) is 1. The Balaban J connectivity index is 1.82. The van der Waals surface area contributed by atoms with Gasteiger partial charge in [-0.1, -0.05) is 18.2 Å². The van der Waals surface area contributed by atoms with Crippen LogP contribution in [0.2, 0.25) is 0 Å². The van der Waals surface area contributed by atoms with E-state index in [-0.39, 0.29) is 5.75 Å². The maximum absolute atomic E-state index is 9.78. The first-order valence-electron chi connectivity index (χ1n) is 8.22. The van der Waals surface area contributed by atoms with Crippen molar-refractivity contribution in [2.24, 2.45) is 0 Å². The minimum atomic E-state index is 0.192. The summed E-state index contributed by atoms with van der Waals surface area (Å²) in [4.78, 5) is 16.0. The topological polar surface area (TPSA) is 71.4 Å². The third kappa shape index (κ3) is 3.44. The van der Waals surface area contributed by atoms with Crippen LogP contribution < -0.4 is 4.90 Å². The summed E-state index contributed by atoms with van der Waals surface area (Å²) in [5.41, 5.74) is 2.32. The molecule has 0 aliphatic carbocycles. The lowest BCUT2D eigenvalue weighted by atomic mass is 10.2. The van der Waals surface area contributed by atoms with Crippen molar-refractivity contribution < 1.29 is 9.84 Å². The smallest absolute Gasteiger partial charge is 0.162 e. The van der Waals surface area contributed by atoms with E-state index >= 15 is 0 Å². The second-order valence-corrected chi connectivity index (χ2v) is 5.80. The summed E-state index contributed by atoms with van der Waals surface area (Å²) in [6.45, 7) is 2.95. The molecule has 0 unspecified atom stereocenters. The van der Waals surface area contributed by atoms with Crippen molar-refractivity contribution >= 4 is 5.82 Å². The molecule has 1 fully saturated rings. The second kappa shape index (κ2) is 6.86. The molecule has 6 heteroatoms. The Morgan fingerprint density at radius 3 is 2.56 bits per heavy atom. The number of rotatable bonds is 3. The van der Waals surface area contributed by atoms with Crippen LogP contribution in [0.15, 0.2) is 54.7 Å². The number of benzene rings is 1. The van der Waals surface area contributed by atoms with E-state index in [9.17, 15) is 5.11 Å². The number of aromatic hydroxyl groups is 1. The molecule has 0 spiro atoms. The molecule has 1 aromatic carbocycles. The summed E-state index contributed by atoms with van der Waals surface area (Å²) >= 11 is 0. The molecule has 0 bridgehead atoms. The molecule has 0 amide bonds. The number of aromatic nitrogens is 3. The quantitative estimate of drug-likeness (QED) is 0.794. The minimum absolute atomic E-state index is 0.192. The van der Waals surface area contributed by atoms with E-state index in [1.165, 1.54) is 0 Å². The van der Waals surface area contributed by atoms with Crippen molar-refractivity contribution in [2.45, 2.75) is 0 Å². The van der Waals surface area contributed by atoms with Crippen LogP contribution in [0.4, 0.5) is 5.82 Å². The van der Waals surface area contributed by atoms with Crippen LogP contribution in [0.5, 0.6) is 5.75 Å². The highest BCUT2D eigenvalue weighted by atomic mass is 16.5. The molecule has 0 saturated carbocycles. The van der Waals surface area contributed by atoms with Gasteiger partial charge >= 0.3 is 0 Å². The fourth-order valence-corrected chi connectivity index (χ4v) is 2.81. The van der Waals surface area contributed by atoms with Crippen LogP contribution in [0, 0.1) is 0 Å². The summed E-state index contributed by atoms with van der Waals surface area (Å²) in [7, 11) is 0. The van der Waals surface area contributed by atoms with E-state index in [1.54, 1.807) is 24.4 Å². The van der Waals surface area contributed by atoms with Gasteiger partial charge in [-0.25, -0.2) is 9.97 Å². The third-order valence-electron chi connectivity index (χ3n) is 4.08. The van der Waals surface area contributed by atoms with Crippen molar-refractivity contribution in [2.75, 3.05) is 31.2 Å². The number of anilines is 1. The molecule has 4 rings (SSSR count). The molecule has 0 atom stereocenters. The molecule has 2 aromatic heterocycles. The zero-order valence-electron chi connectivity index (χ0n) is 13.7. The van der Waals surface area contributed by atoms with Crippen LogP contribution in [0.25, 0.3) is 22.8 Å². The lowest BCUT2D eigenvalue weighted by Crippen LogP contribution is -2.36. The molecule has 1 N–H and O–H groups in total. The van der Waals surface area contributed by atoms with Crippen LogP contribution >= 0.6 is 0 Å². The highest BCUT2D eigenvalue weighted by Gasteiger charge is 2.16. The van der Waals surface area contributed by atoms with Gasteiger partial charge in [-0.05, 0) is 24.3 Å². The monoisotopic (exact) mass is 334 g/mol. The highest BCUT2D eigenvalue weighted by molar-refractivity contribution is 5.66. The molecular formula is C19H18N4O2. The Hall–Kier alpha value is -2.99. The molecule has 126 valence electrons. The zero-order valence-corrected chi connectivity index (χ0v) is 13.7. The molecule has 1 aliphatic rings. The second-order valence-electron chi connectivity index (χ2n) is 5.80. The van der Waals surface area contributed by atoms with Gasteiger partial charge in [-0.3, -0.25) is 4.98 Å². The van der Waals surface area contributed by atoms with Crippen molar-refractivity contribution in [3.05, 3.63) is 54.7 Å². The third-order valence-corrected chi connectivity index (χ3v) is 4.08. The normalized spacial score (nSPS) is 14.5. The minimum Gasteiger partial charge on any atom is -0.508 e. The van der Waals surface area contributed by atoms with Crippen LogP contribution in [0.3, 0.4) is 0 Å². The Kier molecular flexibility index (Phi) is 4.26. The van der Waals surface area contributed by atoms with E-state index < -0.39 is 0 Å². The summed E-state index contributed by atoms with van der Waals surface area (Å²) in [6, 6.07) is 14.7. The molecule has 3 heterocycles. The first kappa shape index (κ1) is 15.5. The standard InChI is InChI=1S/C19H18N4O2/c24-15-5-3-4-14(12-15)19-21-17(16-6-1-2-7-20-16)13-18(22-19)23-8-10-25-11-9-23/h1-7,12-13,24H,8-11H2. The summed E-state index contributed by atoms with van der Waals surface area (Å²) < 4.78 is 5.44. The number of hydrogen-bond acceptors (Lipinski definition) is 6. The first-order chi connectivity index (χ1) is 12.3. The first-order valence-corrected chi connectivity index (χ1v) is 8.22. The van der Waals surface area contributed by atoms with Gasteiger partial charge in [0.2, 0.25) is 0 Å². The zero-order chi connectivity index (χ0) is 17.1. The van der Waals surface area contributed by atoms with Crippen molar-refractivity contribution in [1.29, 1.82) is 0 Å². The van der Waals surface area contributed by atoms with E-state index in [2.05, 4.69) is 14.9 Å². The van der Waals surface area contributed by atoms with Gasteiger partial charge in [0.25, 0.3) is 0 Å². The Bertz CT molecular complexity index is 864. The van der Waals surface area contributed by atoms with Crippen molar-refractivity contribution in [1.82, 2.24) is 15.0 Å². The molecule has 25 heavy (non-hydrogen) atoms. The van der Waals surface area contributed by atoms with Crippen LogP contribution in [-0.4, -0.2) is 46.4 Å². The summed E-state index contributed by atoms with van der Waals surface area (Å²) in [6.07, 6.45) is 1.75. The molecule has 3 aromatic rings. The van der Waals surface area contributed by atoms with E-state index in [1.807, 2.05) is 30.3 Å². The predicted octanol–water partition coefficient (Wildman–Crippen LogP) is 2.75. The Morgan fingerprint density at radius 1 is 0.920 bits per heavy atom. The van der Waals surface area contributed by atoms with Crippen molar-refractivity contribution in [3.8, 4) is 28.5 Å². The lowest BCUT2D eigenvalue weighted by molar-refractivity contribution is 0.122. The van der Waals surface area contributed by atoms with Gasteiger partial charge in [-0.15, -0.1) is 0 Å². The highest BCUT2D eigenvalue weighted by Crippen LogP contribution is 2.27. The molecule has 1 saturated heterocycles. The number of ether oxygens (including phenoxy) is 1. The molecule has 1 aliphatic heterocycles. The number of morpholine rings is 1. The lowest BCUT2D eigenvalue weighted by Gasteiger charge is -2.28. The average molecular weight is 334 g/mol. The average Bonchev–Trinajstić information content (AvgIpc) is 2.69. The maximum atomic E-state index is 9.78. The number of phenols is 1. The fraction of sp³-hybridized carbons (Fsp3) is 0.211. The Morgan fingerprint density at radius 2 is 1.80 bits per heavy atom. The van der Waals surface area contributed by atoms with Gasteiger partial charge in [0.15, 0.2) is 5.82 Å². The largest absolute Gasteiger partial charge is 0.508 e. The van der Waals surface area contributed by atoms with E-state index in [0.717, 1.165) is 35.9 Å². The fourth-order valence-electron chi connectivity index (χ4n) is 2.81. The molecular weight excluding hydrogens is 316 g/mol. The number of nitrogens with zero attached hydrogens (tertiary/aromatic N) is 4. The van der Waals surface area contributed by atoms with E-state index in [0.29, 0.717) is 19.0 Å². The molecule has 0 radical (unpaired) electrons. The number of phenolic OH excluding ortho intramolecular Hbond substituents is 1.